The van der Waals surface area contributed by atoms with Gasteiger partial charge >= 0.3 is 0 Å². The smallest absolute Gasteiger partial charge is 0.198 e. The number of unbranched alkanes of at least 4 members (excludes halogenated alkanes) is 1. The minimum absolute atomic E-state index is 0.134. The van der Waals surface area contributed by atoms with E-state index in [1.807, 2.05) is 12.1 Å². The van der Waals surface area contributed by atoms with Gasteiger partial charge < -0.3 is 10.2 Å². The van der Waals surface area contributed by atoms with E-state index in [2.05, 4.69) is 19.1 Å². The molecule has 0 bridgehead atoms. The van der Waals surface area contributed by atoms with Crippen LogP contribution in [0.4, 0.5) is 0 Å². The highest BCUT2D eigenvalue weighted by Crippen LogP contribution is 2.38. The summed E-state index contributed by atoms with van der Waals surface area (Å²) in [5, 5.41) is 20.1. The molecule has 0 spiro atoms. The standard InChI is InChI=1S/C24H20O4/c1-2-3-4-14-5-7-15(8-6-14)16-9-10-17-18(13-16)24(28)22-20(26)12-11-19(25)21(22)23(17)27/h5-13,25-26H,2-4H2,1H3. The molecular weight excluding hydrogens is 352 g/mol. The highest BCUT2D eigenvalue weighted by atomic mass is 16.3. The molecule has 0 atom stereocenters. The Morgan fingerprint density at radius 1 is 0.714 bits per heavy atom. The quantitative estimate of drug-likeness (QED) is 0.501. The summed E-state index contributed by atoms with van der Waals surface area (Å²) in [7, 11) is 0. The van der Waals surface area contributed by atoms with Crippen LogP contribution < -0.4 is 0 Å². The third-order valence-electron chi connectivity index (χ3n) is 5.23. The zero-order chi connectivity index (χ0) is 19.8. The van der Waals surface area contributed by atoms with Crippen LogP contribution in [0.5, 0.6) is 11.5 Å². The number of rotatable bonds is 4. The van der Waals surface area contributed by atoms with Crippen LogP contribution in [0.3, 0.4) is 0 Å². The van der Waals surface area contributed by atoms with Gasteiger partial charge in [-0.1, -0.05) is 43.7 Å². The average molecular weight is 372 g/mol. The van der Waals surface area contributed by atoms with E-state index in [0.717, 1.165) is 30.4 Å². The maximum absolute atomic E-state index is 13.0. The number of phenolic OH excluding ortho intramolecular Hbond substituents is 2. The molecule has 0 saturated heterocycles. The molecule has 0 heterocycles. The van der Waals surface area contributed by atoms with Crippen LogP contribution in [-0.4, -0.2) is 21.8 Å². The summed E-state index contributed by atoms with van der Waals surface area (Å²) in [5.74, 6) is -1.52. The highest BCUT2D eigenvalue weighted by molar-refractivity contribution is 6.30. The normalized spacial score (nSPS) is 12.6. The number of fused-ring (bicyclic) bond motifs is 2. The molecule has 140 valence electrons. The van der Waals surface area contributed by atoms with Crippen molar-refractivity contribution in [2.75, 3.05) is 0 Å². The summed E-state index contributed by atoms with van der Waals surface area (Å²) in [6, 6.07) is 15.7. The summed E-state index contributed by atoms with van der Waals surface area (Å²) in [5.41, 5.74) is 3.26. The Morgan fingerprint density at radius 2 is 1.29 bits per heavy atom. The van der Waals surface area contributed by atoms with Crippen molar-refractivity contribution in [3.63, 3.8) is 0 Å². The molecule has 2 N–H and O–H groups in total. The molecule has 4 nitrogen and oxygen atoms in total. The van der Waals surface area contributed by atoms with E-state index in [0.29, 0.717) is 0 Å². The van der Waals surface area contributed by atoms with Gasteiger partial charge in [0.05, 0.1) is 11.1 Å². The lowest BCUT2D eigenvalue weighted by atomic mass is 9.82. The number of hydrogen-bond acceptors (Lipinski definition) is 4. The first-order valence-electron chi connectivity index (χ1n) is 9.39. The maximum atomic E-state index is 13.0. The molecule has 4 heteroatoms. The van der Waals surface area contributed by atoms with E-state index in [1.54, 1.807) is 18.2 Å². The van der Waals surface area contributed by atoms with E-state index in [1.165, 1.54) is 17.7 Å². The van der Waals surface area contributed by atoms with E-state index < -0.39 is 11.6 Å². The summed E-state index contributed by atoms with van der Waals surface area (Å²) in [4.78, 5) is 25.8. The average Bonchev–Trinajstić information content (AvgIpc) is 2.72. The predicted octanol–water partition coefficient (Wildman–Crippen LogP) is 4.88. The van der Waals surface area contributed by atoms with Crippen LogP contribution in [0.25, 0.3) is 11.1 Å². The third kappa shape index (κ3) is 2.87. The summed E-state index contributed by atoms with van der Waals surface area (Å²) in [6.45, 7) is 2.16. The highest BCUT2D eigenvalue weighted by Gasteiger charge is 2.34. The second-order valence-corrected chi connectivity index (χ2v) is 7.07. The zero-order valence-electron chi connectivity index (χ0n) is 15.5. The first-order chi connectivity index (χ1) is 13.5. The molecule has 1 aliphatic carbocycles. The van der Waals surface area contributed by atoms with Gasteiger partial charge in [-0.05, 0) is 53.8 Å². The number of carbonyl (C=O) groups excluding carboxylic acids is 2. The number of benzene rings is 3. The van der Waals surface area contributed by atoms with E-state index in [4.69, 9.17) is 0 Å². The zero-order valence-corrected chi connectivity index (χ0v) is 15.5. The van der Waals surface area contributed by atoms with Crippen molar-refractivity contribution >= 4 is 11.6 Å². The molecule has 0 radical (unpaired) electrons. The molecule has 0 unspecified atom stereocenters. The number of aromatic hydroxyl groups is 2. The van der Waals surface area contributed by atoms with Crippen LogP contribution in [0, 0.1) is 0 Å². The lowest BCUT2D eigenvalue weighted by Crippen LogP contribution is -2.21. The van der Waals surface area contributed by atoms with Crippen LogP contribution in [-0.2, 0) is 6.42 Å². The Morgan fingerprint density at radius 3 is 1.89 bits per heavy atom. The van der Waals surface area contributed by atoms with Gasteiger partial charge in [-0.25, -0.2) is 0 Å². The van der Waals surface area contributed by atoms with Gasteiger partial charge in [0.25, 0.3) is 0 Å². The minimum atomic E-state index is -0.459. The SMILES string of the molecule is CCCCc1ccc(-c2ccc3c(c2)C(=O)c2c(O)ccc(O)c2C3=O)cc1. The van der Waals surface area contributed by atoms with Crippen molar-refractivity contribution in [2.24, 2.45) is 0 Å². The Hall–Kier alpha value is -3.40. The fourth-order valence-corrected chi connectivity index (χ4v) is 3.66. The monoisotopic (exact) mass is 372 g/mol. The van der Waals surface area contributed by atoms with Crippen molar-refractivity contribution in [1.29, 1.82) is 0 Å². The van der Waals surface area contributed by atoms with Gasteiger partial charge in [0.2, 0.25) is 0 Å². The first kappa shape index (κ1) is 18.0. The minimum Gasteiger partial charge on any atom is -0.507 e. The number of phenols is 2. The van der Waals surface area contributed by atoms with E-state index in [-0.39, 0.29) is 33.8 Å². The second-order valence-electron chi connectivity index (χ2n) is 7.07. The fraction of sp³-hybridized carbons (Fsp3) is 0.167. The number of carbonyl (C=O) groups is 2. The summed E-state index contributed by atoms with van der Waals surface area (Å²) < 4.78 is 0. The number of hydrogen-bond donors (Lipinski definition) is 2. The topological polar surface area (TPSA) is 74.6 Å². The number of ketones is 2. The van der Waals surface area contributed by atoms with Gasteiger partial charge in [0.15, 0.2) is 11.6 Å². The van der Waals surface area contributed by atoms with Gasteiger partial charge in [0, 0.05) is 11.1 Å². The lowest BCUT2D eigenvalue weighted by Gasteiger charge is -2.20. The summed E-state index contributed by atoms with van der Waals surface area (Å²) in [6.07, 6.45) is 3.32. The Kier molecular flexibility index (Phi) is 4.47. The van der Waals surface area contributed by atoms with E-state index >= 15 is 0 Å². The van der Waals surface area contributed by atoms with Crippen LogP contribution >= 0.6 is 0 Å². The van der Waals surface area contributed by atoms with Crippen LogP contribution in [0.15, 0.2) is 54.6 Å². The molecule has 0 aromatic heterocycles. The summed E-state index contributed by atoms with van der Waals surface area (Å²) >= 11 is 0. The third-order valence-corrected chi connectivity index (χ3v) is 5.23. The predicted molar refractivity (Wildman–Crippen MR) is 107 cm³/mol. The van der Waals surface area contributed by atoms with Crippen LogP contribution in [0.2, 0.25) is 0 Å². The Balaban J connectivity index is 1.76. The van der Waals surface area contributed by atoms with Crippen LogP contribution in [0.1, 0.15) is 57.2 Å². The van der Waals surface area contributed by atoms with Crippen molar-refractivity contribution in [3.05, 3.63) is 82.4 Å². The molecule has 0 amide bonds. The molecule has 28 heavy (non-hydrogen) atoms. The van der Waals surface area contributed by atoms with Crippen molar-refractivity contribution in [1.82, 2.24) is 0 Å². The maximum Gasteiger partial charge on any atom is 0.198 e. The molecule has 0 fully saturated rings. The lowest BCUT2D eigenvalue weighted by molar-refractivity contribution is 0.0974. The molecule has 3 aromatic carbocycles. The molecule has 4 rings (SSSR count). The fourth-order valence-electron chi connectivity index (χ4n) is 3.66. The molecule has 1 aliphatic rings. The Labute approximate surface area is 163 Å². The molecule has 0 saturated carbocycles. The Bertz CT molecular complexity index is 1090. The van der Waals surface area contributed by atoms with Gasteiger partial charge in [-0.3, -0.25) is 9.59 Å². The van der Waals surface area contributed by atoms with Crippen molar-refractivity contribution in [3.8, 4) is 22.6 Å². The molecular formula is C24H20O4. The second kappa shape index (κ2) is 6.97. The molecule has 0 aliphatic heterocycles. The van der Waals surface area contributed by atoms with Gasteiger partial charge in [0.1, 0.15) is 11.5 Å². The molecule has 3 aromatic rings. The first-order valence-corrected chi connectivity index (χ1v) is 9.39. The van der Waals surface area contributed by atoms with Gasteiger partial charge in [-0.2, -0.15) is 0 Å². The van der Waals surface area contributed by atoms with Gasteiger partial charge in [-0.15, -0.1) is 0 Å². The largest absolute Gasteiger partial charge is 0.507 e. The number of aryl methyl sites for hydroxylation is 1. The van der Waals surface area contributed by atoms with Crippen molar-refractivity contribution < 1.29 is 19.8 Å². The van der Waals surface area contributed by atoms with Crippen molar-refractivity contribution in [2.45, 2.75) is 26.2 Å². The van der Waals surface area contributed by atoms with E-state index in [9.17, 15) is 19.8 Å².